The van der Waals surface area contributed by atoms with E-state index < -0.39 is 10.7 Å². The van der Waals surface area contributed by atoms with Gasteiger partial charge in [-0.15, -0.1) is 0 Å². The Morgan fingerprint density at radius 2 is 1.85 bits per heavy atom. The second kappa shape index (κ2) is 5.63. The van der Waals surface area contributed by atoms with Crippen molar-refractivity contribution in [2.75, 3.05) is 0 Å². The van der Waals surface area contributed by atoms with Crippen LogP contribution in [0.4, 0.5) is 0 Å². The smallest absolute Gasteiger partial charge is 0.143 e. The minimum atomic E-state index is -2.19. The SMILES string of the molecule is CCC(CC1CCCCC1)[SH](=O)=O. The maximum absolute atomic E-state index is 10.8. The summed E-state index contributed by atoms with van der Waals surface area (Å²) in [4.78, 5) is 0. The molecule has 0 aliphatic heterocycles. The summed E-state index contributed by atoms with van der Waals surface area (Å²) < 4.78 is 21.7. The Hall–Kier alpha value is -0.0500. The van der Waals surface area contributed by atoms with Crippen LogP contribution < -0.4 is 0 Å². The van der Waals surface area contributed by atoms with Crippen molar-refractivity contribution < 1.29 is 8.42 Å². The molecule has 78 valence electrons. The Balaban J connectivity index is 2.35. The van der Waals surface area contributed by atoms with Crippen LogP contribution in [0, 0.1) is 5.92 Å². The van der Waals surface area contributed by atoms with Gasteiger partial charge >= 0.3 is 0 Å². The highest BCUT2D eigenvalue weighted by Gasteiger charge is 2.19. The van der Waals surface area contributed by atoms with Crippen molar-refractivity contribution in [2.24, 2.45) is 5.92 Å². The standard InChI is InChI=1S/C10H20O2S/c1-2-10(13(11)12)8-9-6-4-3-5-7-9/h9-10,13H,2-8H2,1H3. The lowest BCUT2D eigenvalue weighted by Crippen LogP contribution is -2.16. The molecule has 3 heteroatoms. The van der Waals surface area contributed by atoms with Gasteiger partial charge in [0.25, 0.3) is 0 Å². The molecule has 13 heavy (non-hydrogen) atoms. The van der Waals surface area contributed by atoms with Gasteiger partial charge in [-0.2, -0.15) is 0 Å². The van der Waals surface area contributed by atoms with E-state index in [9.17, 15) is 8.42 Å². The van der Waals surface area contributed by atoms with Crippen LogP contribution in [0.3, 0.4) is 0 Å². The molecular formula is C10H20O2S. The lowest BCUT2D eigenvalue weighted by molar-refractivity contribution is 0.332. The quantitative estimate of drug-likeness (QED) is 0.713. The Labute approximate surface area is 82.7 Å². The number of hydrogen-bond acceptors (Lipinski definition) is 2. The maximum Gasteiger partial charge on any atom is 0.143 e. The molecular weight excluding hydrogens is 184 g/mol. The van der Waals surface area contributed by atoms with E-state index in [1.54, 1.807) is 0 Å². The molecule has 0 spiro atoms. The fourth-order valence-corrected chi connectivity index (χ4v) is 2.98. The van der Waals surface area contributed by atoms with Gasteiger partial charge in [0.2, 0.25) is 0 Å². The molecule has 1 unspecified atom stereocenters. The molecule has 1 atom stereocenters. The lowest BCUT2D eigenvalue weighted by Gasteiger charge is -2.23. The fourth-order valence-electron chi connectivity index (χ4n) is 2.21. The first-order valence-electron chi connectivity index (χ1n) is 5.37. The van der Waals surface area contributed by atoms with Gasteiger partial charge in [0.1, 0.15) is 10.7 Å². The summed E-state index contributed by atoms with van der Waals surface area (Å²) in [5, 5.41) is -0.0573. The zero-order valence-electron chi connectivity index (χ0n) is 8.37. The lowest BCUT2D eigenvalue weighted by atomic mass is 9.86. The number of rotatable bonds is 4. The average Bonchev–Trinajstić information content (AvgIpc) is 2.15. The average molecular weight is 204 g/mol. The Kier molecular flexibility index (Phi) is 4.78. The van der Waals surface area contributed by atoms with Crippen LogP contribution in [0.5, 0.6) is 0 Å². The third-order valence-corrected chi connectivity index (χ3v) is 4.27. The molecule has 1 aliphatic carbocycles. The van der Waals surface area contributed by atoms with E-state index in [-0.39, 0.29) is 5.25 Å². The zero-order valence-corrected chi connectivity index (χ0v) is 9.26. The fraction of sp³-hybridized carbons (Fsp3) is 1.00. The van der Waals surface area contributed by atoms with Gasteiger partial charge in [-0.1, -0.05) is 39.0 Å². The van der Waals surface area contributed by atoms with Crippen molar-refractivity contribution >= 4 is 10.7 Å². The van der Waals surface area contributed by atoms with Crippen molar-refractivity contribution in [1.29, 1.82) is 0 Å². The van der Waals surface area contributed by atoms with E-state index in [0.29, 0.717) is 5.92 Å². The highest BCUT2D eigenvalue weighted by atomic mass is 32.2. The Morgan fingerprint density at radius 3 is 2.31 bits per heavy atom. The molecule has 2 nitrogen and oxygen atoms in total. The van der Waals surface area contributed by atoms with Crippen LogP contribution in [-0.4, -0.2) is 13.7 Å². The summed E-state index contributed by atoms with van der Waals surface area (Å²) in [6.07, 6.45) is 8.15. The molecule has 0 aromatic heterocycles. The van der Waals surface area contributed by atoms with Crippen LogP contribution in [0.15, 0.2) is 0 Å². The Bertz CT molecular complexity index is 197. The molecule has 0 heterocycles. The first-order valence-corrected chi connectivity index (χ1v) is 6.62. The normalized spacial score (nSPS) is 22.0. The first kappa shape index (κ1) is 11.0. The highest BCUT2D eigenvalue weighted by Crippen LogP contribution is 2.28. The highest BCUT2D eigenvalue weighted by molar-refractivity contribution is 7.73. The number of hydrogen-bond donors (Lipinski definition) is 1. The topological polar surface area (TPSA) is 34.1 Å². The molecule has 0 amide bonds. The largest absolute Gasteiger partial charge is 0.232 e. The summed E-state index contributed by atoms with van der Waals surface area (Å²) in [5.74, 6) is 0.687. The molecule has 0 bridgehead atoms. The molecule has 1 aliphatic rings. The van der Waals surface area contributed by atoms with Gasteiger partial charge in [-0.25, -0.2) is 8.42 Å². The van der Waals surface area contributed by atoms with Crippen LogP contribution in [0.1, 0.15) is 51.9 Å². The van der Waals surface area contributed by atoms with Crippen LogP contribution in [-0.2, 0) is 10.7 Å². The summed E-state index contributed by atoms with van der Waals surface area (Å²) in [5.41, 5.74) is 0. The van der Waals surface area contributed by atoms with E-state index in [4.69, 9.17) is 0 Å². The molecule has 1 rings (SSSR count). The summed E-state index contributed by atoms with van der Waals surface area (Å²) in [6, 6.07) is 0. The van der Waals surface area contributed by atoms with E-state index in [0.717, 1.165) is 12.8 Å². The molecule has 0 radical (unpaired) electrons. The zero-order chi connectivity index (χ0) is 9.68. The van der Waals surface area contributed by atoms with E-state index >= 15 is 0 Å². The van der Waals surface area contributed by atoms with Gasteiger partial charge in [-0.3, -0.25) is 0 Å². The molecule has 0 N–H and O–H groups in total. The van der Waals surface area contributed by atoms with Crippen LogP contribution in [0.25, 0.3) is 0 Å². The van der Waals surface area contributed by atoms with Crippen molar-refractivity contribution in [2.45, 2.75) is 57.1 Å². The predicted octanol–water partition coefficient (Wildman–Crippen LogP) is 2.35. The van der Waals surface area contributed by atoms with Gasteiger partial charge in [-0.05, 0) is 18.8 Å². The maximum atomic E-state index is 10.8. The molecule has 0 aromatic rings. The van der Waals surface area contributed by atoms with Crippen LogP contribution >= 0.6 is 0 Å². The summed E-state index contributed by atoms with van der Waals surface area (Å²) in [7, 11) is -2.19. The molecule has 0 saturated heterocycles. The van der Waals surface area contributed by atoms with Crippen molar-refractivity contribution in [3.05, 3.63) is 0 Å². The van der Waals surface area contributed by atoms with Gasteiger partial charge in [0, 0.05) is 0 Å². The Morgan fingerprint density at radius 1 is 1.23 bits per heavy atom. The third-order valence-electron chi connectivity index (χ3n) is 3.10. The number of thiol groups is 1. The minimum absolute atomic E-state index is 0.0573. The van der Waals surface area contributed by atoms with Crippen molar-refractivity contribution in [1.82, 2.24) is 0 Å². The van der Waals surface area contributed by atoms with E-state index in [1.165, 1.54) is 32.1 Å². The van der Waals surface area contributed by atoms with Crippen molar-refractivity contribution in [3.63, 3.8) is 0 Å². The predicted molar refractivity (Wildman–Crippen MR) is 55.6 cm³/mol. The molecule has 1 fully saturated rings. The molecule has 0 aromatic carbocycles. The monoisotopic (exact) mass is 204 g/mol. The van der Waals surface area contributed by atoms with Gasteiger partial charge in [0.05, 0.1) is 5.25 Å². The van der Waals surface area contributed by atoms with E-state index in [1.807, 2.05) is 6.92 Å². The second-order valence-electron chi connectivity index (χ2n) is 4.09. The third kappa shape index (κ3) is 3.67. The van der Waals surface area contributed by atoms with E-state index in [2.05, 4.69) is 0 Å². The van der Waals surface area contributed by atoms with Crippen LogP contribution in [0.2, 0.25) is 0 Å². The second-order valence-corrected chi connectivity index (χ2v) is 5.39. The summed E-state index contributed by atoms with van der Waals surface area (Å²) >= 11 is 0. The molecule has 1 saturated carbocycles. The first-order chi connectivity index (χ1) is 6.24. The van der Waals surface area contributed by atoms with Crippen molar-refractivity contribution in [3.8, 4) is 0 Å². The van der Waals surface area contributed by atoms with Gasteiger partial charge in [0.15, 0.2) is 0 Å². The summed E-state index contributed by atoms with van der Waals surface area (Å²) in [6.45, 7) is 1.97. The minimum Gasteiger partial charge on any atom is -0.232 e. The van der Waals surface area contributed by atoms with Gasteiger partial charge < -0.3 is 0 Å².